The third kappa shape index (κ3) is 9.25. The van der Waals surface area contributed by atoms with Gasteiger partial charge in [-0.15, -0.1) is 0 Å². The van der Waals surface area contributed by atoms with Crippen molar-refractivity contribution in [3.05, 3.63) is 177 Å². The molecule has 0 amide bonds. The van der Waals surface area contributed by atoms with Crippen LogP contribution in [-0.4, -0.2) is 5.71 Å². The van der Waals surface area contributed by atoms with Gasteiger partial charge in [-0.25, -0.2) is 0 Å². The van der Waals surface area contributed by atoms with Crippen molar-refractivity contribution in [1.29, 1.82) is 0 Å². The fourth-order valence-electron chi connectivity index (χ4n) is 7.66. The van der Waals surface area contributed by atoms with Crippen molar-refractivity contribution >= 4 is 17.0 Å². The van der Waals surface area contributed by atoms with Gasteiger partial charge in [0.2, 0.25) is 0 Å². The summed E-state index contributed by atoms with van der Waals surface area (Å²) in [6, 6.07) is 26.3. The molecule has 0 aromatic heterocycles. The van der Waals surface area contributed by atoms with Gasteiger partial charge < -0.3 is 0 Å². The standard InChI is InChI=1S/C24H25N.C24H26.2C2H6/c1-17-11-8-9-15-22(17)19(3)24-18(2)12-10-16-23(24)25-20(4)21-13-6-5-7-14-21;1-16-10-12-19-22(14-16)24(3,4)21-13-11-17(2)20(23(19)21)15-18-8-6-5-7-9-18;2*1-2/h6,8-16H,3,5,7H2,1-2,4H3;6,8-14H,5,7,15H2,1-4H3;2*1-2H3. The second kappa shape index (κ2) is 18.8. The Kier molecular flexibility index (Phi) is 14.6. The van der Waals surface area contributed by atoms with Crippen molar-refractivity contribution < 1.29 is 0 Å². The van der Waals surface area contributed by atoms with Crippen LogP contribution < -0.4 is 0 Å². The number of allylic oxidation sites excluding steroid dienone is 8. The van der Waals surface area contributed by atoms with Crippen LogP contribution in [0.5, 0.6) is 0 Å². The van der Waals surface area contributed by atoms with Crippen LogP contribution >= 0.6 is 0 Å². The number of aliphatic imine (C=N–C) groups is 1. The molecule has 3 aliphatic carbocycles. The van der Waals surface area contributed by atoms with E-state index in [1.165, 1.54) is 79.6 Å². The van der Waals surface area contributed by atoms with E-state index in [-0.39, 0.29) is 5.41 Å². The average Bonchev–Trinajstić information content (AvgIpc) is 3.40. The second-order valence-corrected chi connectivity index (χ2v) is 14.5. The van der Waals surface area contributed by atoms with E-state index in [2.05, 4.69) is 164 Å². The zero-order chi connectivity index (χ0) is 38.7. The van der Waals surface area contributed by atoms with Gasteiger partial charge >= 0.3 is 0 Å². The summed E-state index contributed by atoms with van der Waals surface area (Å²) in [7, 11) is 0. The van der Waals surface area contributed by atoms with Gasteiger partial charge in [0, 0.05) is 16.7 Å². The first-order chi connectivity index (χ1) is 25.6. The maximum Gasteiger partial charge on any atom is 0.0714 e. The summed E-state index contributed by atoms with van der Waals surface area (Å²) < 4.78 is 0. The topological polar surface area (TPSA) is 12.4 Å². The molecule has 0 aliphatic heterocycles. The molecule has 276 valence electrons. The summed E-state index contributed by atoms with van der Waals surface area (Å²) in [5.41, 5.74) is 20.8. The van der Waals surface area contributed by atoms with Gasteiger partial charge in [-0.2, -0.15) is 0 Å². The van der Waals surface area contributed by atoms with Crippen molar-refractivity contribution in [2.75, 3.05) is 0 Å². The number of aryl methyl sites for hydroxylation is 4. The van der Waals surface area contributed by atoms with E-state index in [4.69, 9.17) is 4.99 Å². The summed E-state index contributed by atoms with van der Waals surface area (Å²) >= 11 is 0. The van der Waals surface area contributed by atoms with Crippen LogP contribution in [0, 0.1) is 27.7 Å². The Hall–Kier alpha value is -4.75. The number of benzene rings is 4. The minimum atomic E-state index is 0.0932. The molecule has 0 unspecified atom stereocenters. The maximum atomic E-state index is 4.96. The summed E-state index contributed by atoms with van der Waals surface area (Å²) in [5, 5.41) is 0. The molecular formula is C52H63N. The first kappa shape index (κ1) is 41.0. The van der Waals surface area contributed by atoms with Gasteiger partial charge in [0.15, 0.2) is 0 Å². The van der Waals surface area contributed by atoms with E-state index in [0.717, 1.165) is 41.8 Å². The van der Waals surface area contributed by atoms with Crippen LogP contribution in [0.25, 0.3) is 16.7 Å². The van der Waals surface area contributed by atoms with Crippen molar-refractivity contribution in [1.82, 2.24) is 0 Å². The van der Waals surface area contributed by atoms with Gasteiger partial charge in [-0.05, 0) is 140 Å². The van der Waals surface area contributed by atoms with Crippen molar-refractivity contribution in [3.63, 3.8) is 0 Å². The highest BCUT2D eigenvalue weighted by Crippen LogP contribution is 2.51. The Morgan fingerprint density at radius 1 is 0.698 bits per heavy atom. The quantitative estimate of drug-likeness (QED) is 0.177. The Balaban J connectivity index is 0.000000217. The average molecular weight is 702 g/mol. The normalized spacial score (nSPS) is 14.9. The predicted molar refractivity (Wildman–Crippen MR) is 236 cm³/mol. The van der Waals surface area contributed by atoms with Gasteiger partial charge in [0.05, 0.1) is 5.69 Å². The Morgan fingerprint density at radius 2 is 1.38 bits per heavy atom. The van der Waals surface area contributed by atoms with E-state index in [1.807, 2.05) is 27.7 Å². The van der Waals surface area contributed by atoms with Crippen LogP contribution in [0.3, 0.4) is 0 Å². The molecule has 0 atom stereocenters. The fourth-order valence-corrected chi connectivity index (χ4v) is 7.66. The number of rotatable bonds is 6. The van der Waals surface area contributed by atoms with Crippen molar-refractivity contribution in [2.24, 2.45) is 4.99 Å². The predicted octanol–water partition coefficient (Wildman–Crippen LogP) is 15.2. The number of nitrogens with zero attached hydrogens (tertiary/aromatic N) is 1. The first-order valence-corrected chi connectivity index (χ1v) is 19.9. The van der Waals surface area contributed by atoms with Crippen LogP contribution in [0.2, 0.25) is 0 Å². The van der Waals surface area contributed by atoms with E-state index in [9.17, 15) is 0 Å². The third-order valence-electron chi connectivity index (χ3n) is 10.5. The molecule has 1 heteroatoms. The molecule has 4 aromatic carbocycles. The Bertz CT molecular complexity index is 2070. The number of hydrogen-bond donors (Lipinski definition) is 0. The van der Waals surface area contributed by atoms with E-state index in [1.54, 1.807) is 0 Å². The first-order valence-electron chi connectivity index (χ1n) is 19.9. The lowest BCUT2D eigenvalue weighted by atomic mass is 9.81. The smallest absolute Gasteiger partial charge is 0.0714 e. The van der Waals surface area contributed by atoms with Crippen molar-refractivity contribution in [3.8, 4) is 11.1 Å². The highest BCUT2D eigenvalue weighted by Gasteiger charge is 2.37. The zero-order valence-corrected chi connectivity index (χ0v) is 34.6. The highest BCUT2D eigenvalue weighted by molar-refractivity contribution is 6.03. The number of hydrogen-bond acceptors (Lipinski definition) is 1. The molecular weight excluding hydrogens is 639 g/mol. The Morgan fingerprint density at radius 3 is 2.04 bits per heavy atom. The maximum absolute atomic E-state index is 4.96. The van der Waals surface area contributed by atoms with Gasteiger partial charge in [0.25, 0.3) is 0 Å². The van der Waals surface area contributed by atoms with Gasteiger partial charge in [0.1, 0.15) is 0 Å². The third-order valence-corrected chi connectivity index (χ3v) is 10.5. The molecule has 0 heterocycles. The largest absolute Gasteiger partial charge is 0.252 e. The van der Waals surface area contributed by atoms with Crippen molar-refractivity contribution in [2.45, 2.75) is 114 Å². The minimum Gasteiger partial charge on any atom is -0.252 e. The van der Waals surface area contributed by atoms with Gasteiger partial charge in [-0.1, -0.05) is 157 Å². The summed E-state index contributed by atoms with van der Waals surface area (Å²) in [6.45, 7) is 28.0. The lowest BCUT2D eigenvalue weighted by Gasteiger charge is -2.22. The lowest BCUT2D eigenvalue weighted by molar-refractivity contribution is 0.659. The SMILES string of the molecule is C=C(c1ccccc1C)c1c(C)cccc1N=C(C)C1=CCCC=C1.CC.CC.Cc1ccc2c(c1)C(C)(C)c1ccc(C)c(CC3=CCCC=C3)c1-2. The van der Waals surface area contributed by atoms with E-state index >= 15 is 0 Å². The lowest BCUT2D eigenvalue weighted by Crippen LogP contribution is -2.15. The fraction of sp³-hybridized carbons (Fsp3) is 0.327. The van der Waals surface area contributed by atoms with Crippen LogP contribution in [0.15, 0.2) is 132 Å². The molecule has 0 radical (unpaired) electrons. The molecule has 0 spiro atoms. The highest BCUT2D eigenvalue weighted by atomic mass is 14.7. The molecule has 0 saturated carbocycles. The molecule has 7 rings (SSSR count). The molecule has 0 fully saturated rings. The molecule has 0 saturated heterocycles. The molecule has 0 N–H and O–H groups in total. The summed E-state index contributed by atoms with van der Waals surface area (Å²) in [4.78, 5) is 4.96. The Labute approximate surface area is 322 Å². The number of fused-ring (bicyclic) bond motifs is 3. The van der Waals surface area contributed by atoms with Crippen LogP contribution in [0.1, 0.15) is 124 Å². The van der Waals surface area contributed by atoms with Crippen LogP contribution in [0.4, 0.5) is 5.69 Å². The van der Waals surface area contributed by atoms with Gasteiger partial charge in [-0.3, -0.25) is 4.99 Å². The summed E-state index contributed by atoms with van der Waals surface area (Å²) in [6.07, 6.45) is 19.3. The molecule has 53 heavy (non-hydrogen) atoms. The minimum absolute atomic E-state index is 0.0932. The van der Waals surface area contributed by atoms with E-state index < -0.39 is 0 Å². The molecule has 0 bridgehead atoms. The van der Waals surface area contributed by atoms with Crippen LogP contribution in [-0.2, 0) is 11.8 Å². The summed E-state index contributed by atoms with van der Waals surface area (Å²) in [5.74, 6) is 0. The molecule has 4 aromatic rings. The molecule has 1 nitrogen and oxygen atoms in total. The zero-order valence-electron chi connectivity index (χ0n) is 34.6. The van der Waals surface area contributed by atoms with E-state index in [0.29, 0.717) is 0 Å². The monoisotopic (exact) mass is 701 g/mol. The molecule has 3 aliphatic rings. The second-order valence-electron chi connectivity index (χ2n) is 14.5.